The molecule has 0 aliphatic rings. The molecule has 3 aromatic carbocycles. The number of hydrogen-bond donors (Lipinski definition) is 3. The second-order valence-corrected chi connectivity index (χ2v) is 11.1. The van der Waals surface area contributed by atoms with Crippen LogP contribution in [-0.2, 0) is 14.3 Å². The summed E-state index contributed by atoms with van der Waals surface area (Å²) in [6, 6.07) is 16.9. The molecule has 0 fully saturated rings. The van der Waals surface area contributed by atoms with Crippen molar-refractivity contribution in [2.75, 3.05) is 18.5 Å². The third-order valence-electron chi connectivity index (χ3n) is 6.63. The summed E-state index contributed by atoms with van der Waals surface area (Å²) in [5.74, 6) is -0.962. The van der Waals surface area contributed by atoms with Crippen molar-refractivity contribution >= 4 is 34.4 Å². The zero-order valence-corrected chi connectivity index (χ0v) is 24.3. The van der Waals surface area contributed by atoms with Crippen LogP contribution in [0.2, 0.25) is 0 Å². The number of aryl methyl sites for hydroxylation is 2. The number of fused-ring (bicyclic) bond motifs is 1. The molecule has 0 radical (unpaired) electrons. The van der Waals surface area contributed by atoms with Crippen molar-refractivity contribution in [1.29, 1.82) is 0 Å². The summed E-state index contributed by atoms with van der Waals surface area (Å²) in [5, 5.41) is 17.6. The zero-order chi connectivity index (χ0) is 29.4. The number of carbonyl (C=O) groups excluding carboxylic acids is 3. The van der Waals surface area contributed by atoms with Gasteiger partial charge in [0.25, 0.3) is 5.91 Å². The minimum absolute atomic E-state index is 0.255. The van der Waals surface area contributed by atoms with Crippen LogP contribution in [-0.4, -0.2) is 52.7 Å². The van der Waals surface area contributed by atoms with Gasteiger partial charge in [-0.3, -0.25) is 9.59 Å². The van der Waals surface area contributed by atoms with Crippen LogP contribution < -0.4 is 10.6 Å². The number of hydrogen-bond acceptors (Lipinski definition) is 5. The van der Waals surface area contributed by atoms with Crippen molar-refractivity contribution in [3.63, 3.8) is 0 Å². The van der Waals surface area contributed by atoms with E-state index in [4.69, 9.17) is 4.74 Å². The topological polar surface area (TPSA) is 108 Å². The number of anilines is 1. The Balaban J connectivity index is 2.01. The highest BCUT2D eigenvalue weighted by atomic mass is 16.6. The van der Waals surface area contributed by atoms with Gasteiger partial charge in [-0.25, -0.2) is 4.79 Å². The molecule has 0 heterocycles. The van der Waals surface area contributed by atoms with E-state index in [0.717, 1.165) is 28.3 Å². The van der Waals surface area contributed by atoms with Crippen LogP contribution in [0.1, 0.15) is 63.3 Å². The van der Waals surface area contributed by atoms with E-state index in [0.29, 0.717) is 17.7 Å². The van der Waals surface area contributed by atoms with Gasteiger partial charge in [0.1, 0.15) is 17.7 Å². The molecule has 214 valence electrons. The lowest BCUT2D eigenvalue weighted by molar-refractivity contribution is -0.141. The van der Waals surface area contributed by atoms with E-state index in [9.17, 15) is 19.5 Å². The number of rotatable bonds is 10. The van der Waals surface area contributed by atoms with E-state index < -0.39 is 42.2 Å². The average molecular weight is 548 g/mol. The monoisotopic (exact) mass is 547 g/mol. The molecule has 0 saturated heterocycles. The summed E-state index contributed by atoms with van der Waals surface area (Å²) in [6.07, 6.45) is 0.582. The van der Waals surface area contributed by atoms with Gasteiger partial charge in [0.05, 0.1) is 6.61 Å². The molecule has 3 N–H and O–H groups in total. The van der Waals surface area contributed by atoms with E-state index in [1.165, 1.54) is 4.90 Å². The van der Waals surface area contributed by atoms with Gasteiger partial charge in [0.15, 0.2) is 0 Å². The molecule has 3 aromatic rings. The van der Waals surface area contributed by atoms with E-state index in [1.807, 2.05) is 81.4 Å². The van der Waals surface area contributed by atoms with Crippen molar-refractivity contribution in [1.82, 2.24) is 10.2 Å². The molecule has 3 amide bonds. The summed E-state index contributed by atoms with van der Waals surface area (Å²) in [6.45, 7) is 10.7. The maximum Gasteiger partial charge on any atom is 0.408 e. The fourth-order valence-corrected chi connectivity index (χ4v) is 4.42. The van der Waals surface area contributed by atoms with Gasteiger partial charge < -0.3 is 25.4 Å². The minimum Gasteiger partial charge on any atom is -0.444 e. The highest BCUT2D eigenvalue weighted by Gasteiger charge is 2.36. The Morgan fingerprint density at radius 3 is 2.27 bits per heavy atom. The molecule has 2 unspecified atom stereocenters. The summed E-state index contributed by atoms with van der Waals surface area (Å²) < 4.78 is 5.31. The molecule has 0 bridgehead atoms. The SMILES string of the molecule is CCCCN(C(=O)C(CO)NC(=O)OC(C)(C)C)C(C(=O)Nc1ccc2ccccc2c1)c1ccc(C)c(C)c1. The molecule has 40 heavy (non-hydrogen) atoms. The Morgan fingerprint density at radius 2 is 1.65 bits per heavy atom. The van der Waals surface area contributed by atoms with Crippen LogP contribution in [0.5, 0.6) is 0 Å². The van der Waals surface area contributed by atoms with Crippen LogP contribution in [0.4, 0.5) is 10.5 Å². The van der Waals surface area contributed by atoms with Crippen molar-refractivity contribution < 1.29 is 24.2 Å². The first-order valence-corrected chi connectivity index (χ1v) is 13.7. The van der Waals surface area contributed by atoms with Crippen LogP contribution >= 0.6 is 0 Å². The third-order valence-corrected chi connectivity index (χ3v) is 6.63. The number of ether oxygens (including phenoxy) is 1. The lowest BCUT2D eigenvalue weighted by atomic mass is 9.98. The molecule has 8 heteroatoms. The van der Waals surface area contributed by atoms with Crippen LogP contribution in [0.25, 0.3) is 10.8 Å². The number of carbonyl (C=O) groups is 3. The third kappa shape index (κ3) is 8.05. The first-order chi connectivity index (χ1) is 18.9. The van der Waals surface area contributed by atoms with Gasteiger partial charge in [0, 0.05) is 12.2 Å². The second-order valence-electron chi connectivity index (χ2n) is 11.1. The quantitative estimate of drug-likeness (QED) is 0.304. The highest BCUT2D eigenvalue weighted by Crippen LogP contribution is 2.28. The Kier molecular flexibility index (Phi) is 10.3. The summed E-state index contributed by atoms with van der Waals surface area (Å²) >= 11 is 0. The molecule has 8 nitrogen and oxygen atoms in total. The van der Waals surface area contributed by atoms with Gasteiger partial charge in [-0.05, 0) is 80.6 Å². The Bertz CT molecular complexity index is 1350. The number of alkyl carbamates (subject to hydrolysis) is 1. The second kappa shape index (κ2) is 13.4. The van der Waals surface area contributed by atoms with Crippen molar-refractivity contribution in [2.45, 2.75) is 72.1 Å². The van der Waals surface area contributed by atoms with Crippen molar-refractivity contribution in [3.8, 4) is 0 Å². The first-order valence-electron chi connectivity index (χ1n) is 13.7. The Morgan fingerprint density at radius 1 is 0.950 bits per heavy atom. The van der Waals surface area contributed by atoms with Gasteiger partial charge in [-0.2, -0.15) is 0 Å². The van der Waals surface area contributed by atoms with E-state index in [2.05, 4.69) is 10.6 Å². The predicted octanol–water partition coefficient (Wildman–Crippen LogP) is 5.65. The standard InChI is InChI=1S/C32H41N3O5/c1-7-8-17-35(30(38)27(20-36)34-31(39)40-32(4,5)6)28(25-14-13-21(2)22(3)18-25)29(37)33-26-16-15-23-11-9-10-12-24(23)19-26/h9-16,18-19,27-28,36H,7-8,17,20H2,1-6H3,(H,33,37)(H,34,39). The molecule has 0 aliphatic carbocycles. The van der Waals surface area contributed by atoms with Crippen LogP contribution in [0.3, 0.4) is 0 Å². The minimum atomic E-state index is -1.28. The summed E-state index contributed by atoms with van der Waals surface area (Å²) in [7, 11) is 0. The molecule has 0 spiro atoms. The number of benzene rings is 3. The number of unbranched alkanes of at least 4 members (excludes halogenated alkanes) is 1. The zero-order valence-electron chi connectivity index (χ0n) is 24.3. The average Bonchev–Trinajstić information content (AvgIpc) is 2.90. The number of amides is 3. The number of aliphatic hydroxyl groups excluding tert-OH is 1. The maximum absolute atomic E-state index is 14.0. The van der Waals surface area contributed by atoms with E-state index >= 15 is 0 Å². The smallest absolute Gasteiger partial charge is 0.408 e. The van der Waals surface area contributed by atoms with E-state index in [-0.39, 0.29) is 6.54 Å². The molecule has 0 aromatic heterocycles. The molecular formula is C32H41N3O5. The predicted molar refractivity (Wildman–Crippen MR) is 158 cm³/mol. The van der Waals surface area contributed by atoms with Crippen molar-refractivity contribution in [2.24, 2.45) is 0 Å². The molecule has 0 saturated carbocycles. The highest BCUT2D eigenvalue weighted by molar-refractivity contribution is 6.00. The number of nitrogens with one attached hydrogen (secondary N) is 2. The number of aliphatic hydroxyl groups is 1. The van der Waals surface area contributed by atoms with Gasteiger partial charge in [-0.1, -0.05) is 61.9 Å². The molecular weight excluding hydrogens is 506 g/mol. The molecule has 0 aliphatic heterocycles. The first kappa shape index (κ1) is 30.6. The van der Waals surface area contributed by atoms with Crippen LogP contribution in [0.15, 0.2) is 60.7 Å². The maximum atomic E-state index is 14.0. The summed E-state index contributed by atoms with van der Waals surface area (Å²) in [5.41, 5.74) is 2.50. The lowest BCUT2D eigenvalue weighted by Crippen LogP contribution is -2.54. The van der Waals surface area contributed by atoms with Crippen molar-refractivity contribution in [3.05, 3.63) is 77.4 Å². The molecule has 2 atom stereocenters. The van der Waals surface area contributed by atoms with Gasteiger partial charge in [0.2, 0.25) is 5.91 Å². The number of nitrogens with zero attached hydrogens (tertiary/aromatic N) is 1. The normalized spacial score (nSPS) is 12.9. The fraction of sp³-hybridized carbons (Fsp3) is 0.406. The Hall–Kier alpha value is -3.91. The largest absolute Gasteiger partial charge is 0.444 e. The fourth-order valence-electron chi connectivity index (χ4n) is 4.42. The lowest BCUT2D eigenvalue weighted by Gasteiger charge is -2.34. The van der Waals surface area contributed by atoms with Crippen LogP contribution in [0, 0.1) is 13.8 Å². The van der Waals surface area contributed by atoms with E-state index in [1.54, 1.807) is 20.8 Å². The van der Waals surface area contributed by atoms with Gasteiger partial charge in [-0.15, -0.1) is 0 Å². The molecule has 3 rings (SSSR count). The summed E-state index contributed by atoms with van der Waals surface area (Å²) in [4.78, 5) is 41.8. The van der Waals surface area contributed by atoms with Gasteiger partial charge >= 0.3 is 6.09 Å². The Labute approximate surface area is 236 Å².